The topological polar surface area (TPSA) is 3.24 Å². The van der Waals surface area contributed by atoms with E-state index in [1.807, 2.05) is 0 Å². The highest BCUT2D eigenvalue weighted by atomic mass is 79.9. The smallest absolute Gasteiger partial charge is 0.0442 e. The number of halogens is 1. The number of alkyl halides is 1. The largest absolute Gasteiger partial charge is 0.371 e. The number of para-hydroxylation sites is 1. The van der Waals surface area contributed by atoms with Crippen LogP contribution in [0.4, 0.5) is 5.69 Å². The van der Waals surface area contributed by atoms with Gasteiger partial charge in [0.2, 0.25) is 0 Å². The molecular weight excluding hydrogens is 238 g/mol. The van der Waals surface area contributed by atoms with E-state index >= 15 is 0 Å². The van der Waals surface area contributed by atoms with Crippen molar-refractivity contribution in [1.82, 2.24) is 0 Å². The molecule has 1 unspecified atom stereocenters. The fourth-order valence-electron chi connectivity index (χ4n) is 2.67. The van der Waals surface area contributed by atoms with Gasteiger partial charge in [-0.2, -0.15) is 0 Å². The maximum atomic E-state index is 3.78. The summed E-state index contributed by atoms with van der Waals surface area (Å²) in [5.41, 5.74) is 4.60. The molecule has 0 bridgehead atoms. The first-order valence-corrected chi connectivity index (χ1v) is 6.28. The molecule has 0 fully saturated rings. The lowest BCUT2D eigenvalue weighted by molar-refractivity contribution is 0.632. The van der Waals surface area contributed by atoms with E-state index in [0.717, 1.165) is 0 Å². The molecule has 2 heterocycles. The molecule has 0 radical (unpaired) electrons. The maximum absolute atomic E-state index is 3.78. The minimum atomic E-state index is 0.576. The Labute approximate surface area is 93.2 Å². The van der Waals surface area contributed by atoms with Crippen LogP contribution in [0.2, 0.25) is 0 Å². The monoisotopic (exact) mass is 251 g/mol. The average Bonchev–Trinajstić information content (AvgIpc) is 2.24. The summed E-state index contributed by atoms with van der Waals surface area (Å²) in [6.45, 7) is 2.48. The van der Waals surface area contributed by atoms with Crippen LogP contribution in [0.15, 0.2) is 18.2 Å². The van der Waals surface area contributed by atoms with Crippen molar-refractivity contribution in [1.29, 1.82) is 0 Å². The van der Waals surface area contributed by atoms with Gasteiger partial charge in [-0.1, -0.05) is 34.1 Å². The van der Waals surface area contributed by atoms with Gasteiger partial charge in [0.25, 0.3) is 0 Å². The first kappa shape index (κ1) is 8.78. The Hall–Kier alpha value is -0.500. The van der Waals surface area contributed by atoms with Gasteiger partial charge >= 0.3 is 0 Å². The molecule has 0 amide bonds. The van der Waals surface area contributed by atoms with Gasteiger partial charge in [-0.15, -0.1) is 0 Å². The molecule has 1 aromatic carbocycles. The van der Waals surface area contributed by atoms with Crippen molar-refractivity contribution in [3.8, 4) is 0 Å². The molecule has 0 saturated heterocycles. The first-order chi connectivity index (χ1) is 6.86. The van der Waals surface area contributed by atoms with Crippen molar-refractivity contribution >= 4 is 21.6 Å². The summed E-state index contributed by atoms with van der Waals surface area (Å²) < 4.78 is 0. The van der Waals surface area contributed by atoms with Gasteiger partial charge in [-0.25, -0.2) is 0 Å². The highest BCUT2D eigenvalue weighted by Crippen LogP contribution is 2.42. The van der Waals surface area contributed by atoms with Crippen LogP contribution in [0.5, 0.6) is 0 Å². The Morgan fingerprint density at radius 3 is 3.14 bits per heavy atom. The predicted molar refractivity (Wildman–Crippen MR) is 63.3 cm³/mol. The van der Waals surface area contributed by atoms with E-state index in [9.17, 15) is 0 Å². The lowest BCUT2D eigenvalue weighted by Gasteiger charge is -2.38. The van der Waals surface area contributed by atoms with Gasteiger partial charge in [0.15, 0.2) is 0 Å². The summed E-state index contributed by atoms with van der Waals surface area (Å²) in [4.78, 5) is 3.14. The van der Waals surface area contributed by atoms with Crippen molar-refractivity contribution in [2.75, 3.05) is 18.0 Å². The highest BCUT2D eigenvalue weighted by molar-refractivity contribution is 9.09. The fraction of sp³-hybridized carbons (Fsp3) is 0.500. The van der Waals surface area contributed by atoms with E-state index in [4.69, 9.17) is 0 Å². The van der Waals surface area contributed by atoms with Crippen LogP contribution in [0.1, 0.15) is 28.8 Å². The molecule has 74 valence electrons. The summed E-state index contributed by atoms with van der Waals surface area (Å²) >= 11 is 3.78. The molecule has 14 heavy (non-hydrogen) atoms. The maximum Gasteiger partial charge on any atom is 0.0442 e. The zero-order valence-electron chi connectivity index (χ0n) is 8.17. The van der Waals surface area contributed by atoms with E-state index in [2.05, 4.69) is 39.0 Å². The Morgan fingerprint density at radius 1 is 1.29 bits per heavy atom. The molecule has 2 heteroatoms. The number of benzene rings is 1. The van der Waals surface area contributed by atoms with Gasteiger partial charge in [0.05, 0.1) is 0 Å². The Morgan fingerprint density at radius 2 is 2.21 bits per heavy atom. The minimum Gasteiger partial charge on any atom is -0.371 e. The van der Waals surface area contributed by atoms with E-state index in [1.54, 1.807) is 5.56 Å². The van der Waals surface area contributed by atoms with Gasteiger partial charge in [0.1, 0.15) is 0 Å². The van der Waals surface area contributed by atoms with E-state index in [1.165, 1.54) is 43.6 Å². The number of nitrogens with zero attached hydrogens (tertiary/aromatic N) is 1. The average molecular weight is 252 g/mol. The third-order valence-corrected chi connectivity index (χ3v) is 4.28. The molecule has 1 nitrogen and oxygen atoms in total. The third-order valence-electron chi connectivity index (χ3n) is 3.33. The van der Waals surface area contributed by atoms with Crippen molar-refractivity contribution in [2.45, 2.75) is 24.1 Å². The lowest BCUT2D eigenvalue weighted by Crippen LogP contribution is -2.34. The third kappa shape index (κ3) is 1.20. The van der Waals surface area contributed by atoms with Crippen LogP contribution in [0.25, 0.3) is 0 Å². The first-order valence-electron chi connectivity index (χ1n) is 5.37. The SMILES string of the molecule is BrC1CCN2CCCc3cccc1c32. The molecule has 0 aromatic heterocycles. The number of hydrogen-bond donors (Lipinski definition) is 0. The van der Waals surface area contributed by atoms with Gasteiger partial charge in [-0.05, 0) is 30.4 Å². The summed E-state index contributed by atoms with van der Waals surface area (Å²) in [6.07, 6.45) is 3.83. The van der Waals surface area contributed by atoms with Gasteiger partial charge in [-0.3, -0.25) is 0 Å². The number of aryl methyl sites for hydroxylation is 1. The van der Waals surface area contributed by atoms with E-state index in [-0.39, 0.29) is 0 Å². The number of rotatable bonds is 0. The highest BCUT2D eigenvalue weighted by Gasteiger charge is 2.27. The van der Waals surface area contributed by atoms with E-state index in [0.29, 0.717) is 4.83 Å². The van der Waals surface area contributed by atoms with Crippen LogP contribution in [0, 0.1) is 0 Å². The summed E-state index contributed by atoms with van der Waals surface area (Å²) in [6, 6.07) is 6.77. The molecular formula is C12H14BrN. The minimum absolute atomic E-state index is 0.576. The lowest BCUT2D eigenvalue weighted by atomic mass is 9.92. The second-order valence-electron chi connectivity index (χ2n) is 4.20. The molecule has 2 aliphatic heterocycles. The van der Waals surface area contributed by atoms with Crippen molar-refractivity contribution in [2.24, 2.45) is 0 Å². The summed E-state index contributed by atoms with van der Waals surface area (Å²) in [7, 11) is 0. The second-order valence-corrected chi connectivity index (χ2v) is 5.31. The molecule has 0 saturated carbocycles. The molecule has 3 rings (SSSR count). The van der Waals surface area contributed by atoms with Crippen LogP contribution >= 0.6 is 15.9 Å². The number of anilines is 1. The van der Waals surface area contributed by atoms with Crippen LogP contribution < -0.4 is 4.90 Å². The van der Waals surface area contributed by atoms with Crippen molar-refractivity contribution < 1.29 is 0 Å². The van der Waals surface area contributed by atoms with Gasteiger partial charge in [0, 0.05) is 23.6 Å². The zero-order chi connectivity index (χ0) is 9.54. The Kier molecular flexibility index (Phi) is 2.05. The number of hydrogen-bond acceptors (Lipinski definition) is 1. The normalized spacial score (nSPS) is 24.6. The quantitative estimate of drug-likeness (QED) is 0.640. The van der Waals surface area contributed by atoms with Crippen LogP contribution in [0.3, 0.4) is 0 Å². The van der Waals surface area contributed by atoms with Crippen molar-refractivity contribution in [3.63, 3.8) is 0 Å². The van der Waals surface area contributed by atoms with Crippen molar-refractivity contribution in [3.05, 3.63) is 29.3 Å². The Bertz CT molecular complexity index is 361. The van der Waals surface area contributed by atoms with E-state index < -0.39 is 0 Å². The zero-order valence-corrected chi connectivity index (χ0v) is 9.76. The predicted octanol–water partition coefficient (Wildman–Crippen LogP) is 3.28. The standard InChI is InChI=1S/C12H14BrN/c13-11-6-8-14-7-2-4-9-3-1-5-10(11)12(9)14/h1,3,5,11H,2,4,6-8H2. The summed E-state index contributed by atoms with van der Waals surface area (Å²) in [5.74, 6) is 0. The Balaban J connectivity index is 2.19. The fourth-order valence-corrected chi connectivity index (χ4v) is 3.25. The second kappa shape index (κ2) is 3.27. The molecule has 1 atom stereocenters. The molecule has 1 aromatic rings. The van der Waals surface area contributed by atoms with Gasteiger partial charge < -0.3 is 4.90 Å². The molecule has 2 aliphatic rings. The molecule has 0 aliphatic carbocycles. The van der Waals surface area contributed by atoms with Crippen LogP contribution in [-0.2, 0) is 6.42 Å². The molecule has 0 spiro atoms. The van der Waals surface area contributed by atoms with Crippen LogP contribution in [-0.4, -0.2) is 13.1 Å². The molecule has 0 N–H and O–H groups in total. The summed E-state index contributed by atoms with van der Waals surface area (Å²) in [5, 5.41) is 0.